The van der Waals surface area contributed by atoms with E-state index in [1.54, 1.807) is 50.2 Å². The summed E-state index contributed by atoms with van der Waals surface area (Å²) in [7, 11) is 0. The molecule has 3 rings (SSSR count). The zero-order valence-corrected chi connectivity index (χ0v) is 21.8. The monoisotopic (exact) mass is 538 g/mol. The lowest BCUT2D eigenvalue weighted by Crippen LogP contribution is -2.05. The van der Waals surface area contributed by atoms with Crippen LogP contribution in [0.5, 0.6) is 5.75 Å². The maximum Gasteiger partial charge on any atom is 0.348 e. The van der Waals surface area contributed by atoms with Gasteiger partial charge in [-0.05, 0) is 60.9 Å². The van der Waals surface area contributed by atoms with Crippen molar-refractivity contribution < 1.29 is 19.1 Å². The first-order valence-electron chi connectivity index (χ1n) is 10.8. The van der Waals surface area contributed by atoms with Crippen LogP contribution >= 0.6 is 34.5 Å². The molecule has 0 amide bonds. The standard InChI is InChI=1S/C27H20Cl2N2O4S/c1-3-34-27(33)26-16(2)21(14-31)25(36-26)12-24(32)19(13-30)10-17-4-7-20(8-5-17)35-15-18-6-9-22(28)23(29)11-18/h4-11H,3,12,15H2,1-2H3/b19-10+. The van der Waals surface area contributed by atoms with Crippen molar-refractivity contribution in [3.63, 3.8) is 0 Å². The Hall–Kier alpha value is -3.62. The van der Waals surface area contributed by atoms with E-state index in [0.29, 0.717) is 38.4 Å². The Morgan fingerprint density at radius 2 is 1.81 bits per heavy atom. The van der Waals surface area contributed by atoms with Crippen molar-refractivity contribution >= 4 is 52.4 Å². The molecule has 1 heterocycles. The highest BCUT2D eigenvalue weighted by molar-refractivity contribution is 7.14. The molecule has 0 unspecified atom stereocenters. The smallest absolute Gasteiger partial charge is 0.348 e. The van der Waals surface area contributed by atoms with Crippen molar-refractivity contribution in [1.82, 2.24) is 0 Å². The number of hydrogen-bond acceptors (Lipinski definition) is 7. The summed E-state index contributed by atoms with van der Waals surface area (Å²) in [4.78, 5) is 25.7. The minimum absolute atomic E-state index is 0.0629. The third-order valence-electron chi connectivity index (χ3n) is 5.11. The van der Waals surface area contributed by atoms with Crippen LogP contribution in [0.3, 0.4) is 0 Å². The first-order valence-corrected chi connectivity index (χ1v) is 12.4. The van der Waals surface area contributed by atoms with Gasteiger partial charge in [-0.2, -0.15) is 10.5 Å². The number of halogens is 2. The van der Waals surface area contributed by atoms with Crippen LogP contribution in [0.2, 0.25) is 10.0 Å². The Kier molecular flexibility index (Phi) is 9.27. The Labute approximate surface area is 222 Å². The van der Waals surface area contributed by atoms with Gasteiger partial charge in [0, 0.05) is 11.3 Å². The zero-order chi connectivity index (χ0) is 26.2. The molecular weight excluding hydrogens is 519 g/mol. The molecule has 6 nitrogen and oxygen atoms in total. The number of carbonyl (C=O) groups excluding carboxylic acids is 2. The number of esters is 1. The van der Waals surface area contributed by atoms with Crippen LogP contribution in [-0.2, 0) is 22.6 Å². The molecule has 2 aromatic carbocycles. The molecule has 0 aliphatic rings. The fourth-order valence-electron chi connectivity index (χ4n) is 3.27. The highest BCUT2D eigenvalue weighted by Crippen LogP contribution is 2.30. The second-order valence-electron chi connectivity index (χ2n) is 7.56. The molecule has 0 N–H and O–H groups in total. The van der Waals surface area contributed by atoms with Crippen LogP contribution < -0.4 is 4.74 Å². The number of ether oxygens (including phenoxy) is 2. The third-order valence-corrected chi connectivity index (χ3v) is 7.13. The molecular formula is C27H20Cl2N2O4S. The van der Waals surface area contributed by atoms with Gasteiger partial charge in [0.2, 0.25) is 0 Å². The van der Waals surface area contributed by atoms with Gasteiger partial charge in [-0.25, -0.2) is 4.79 Å². The highest BCUT2D eigenvalue weighted by atomic mass is 35.5. The number of nitrogens with zero attached hydrogens (tertiary/aromatic N) is 2. The number of carbonyl (C=O) groups is 2. The molecule has 3 aromatic rings. The molecule has 0 fully saturated rings. The number of rotatable bonds is 9. The van der Waals surface area contributed by atoms with Gasteiger partial charge < -0.3 is 9.47 Å². The van der Waals surface area contributed by atoms with Crippen molar-refractivity contribution in [3.05, 3.63) is 90.1 Å². The van der Waals surface area contributed by atoms with E-state index in [1.807, 2.05) is 18.2 Å². The molecule has 1 aromatic heterocycles. The quantitative estimate of drug-likeness (QED) is 0.170. The second-order valence-corrected chi connectivity index (χ2v) is 9.48. The van der Waals surface area contributed by atoms with Crippen LogP contribution in [0, 0.1) is 29.6 Å². The Balaban J connectivity index is 1.72. The van der Waals surface area contributed by atoms with Gasteiger partial charge >= 0.3 is 5.97 Å². The predicted molar refractivity (Wildman–Crippen MR) is 139 cm³/mol. The number of benzene rings is 2. The van der Waals surface area contributed by atoms with E-state index in [2.05, 4.69) is 0 Å². The fraction of sp³-hybridized carbons (Fsp3) is 0.185. The van der Waals surface area contributed by atoms with Crippen molar-refractivity contribution in [2.75, 3.05) is 6.61 Å². The van der Waals surface area contributed by atoms with E-state index in [0.717, 1.165) is 16.9 Å². The molecule has 0 aliphatic carbocycles. The molecule has 0 radical (unpaired) electrons. The topological polar surface area (TPSA) is 100 Å². The van der Waals surface area contributed by atoms with Gasteiger partial charge in [0.25, 0.3) is 0 Å². The van der Waals surface area contributed by atoms with Gasteiger partial charge in [-0.1, -0.05) is 41.4 Å². The number of ketones is 1. The summed E-state index contributed by atoms with van der Waals surface area (Å²) in [6, 6.07) is 16.1. The summed E-state index contributed by atoms with van der Waals surface area (Å²) in [6.45, 7) is 3.83. The molecule has 0 saturated heterocycles. The number of thiophene rings is 1. The van der Waals surface area contributed by atoms with Gasteiger partial charge in [0.1, 0.15) is 29.4 Å². The van der Waals surface area contributed by atoms with Crippen LogP contribution in [-0.4, -0.2) is 18.4 Å². The van der Waals surface area contributed by atoms with Gasteiger partial charge in [0.15, 0.2) is 5.78 Å². The van der Waals surface area contributed by atoms with E-state index < -0.39 is 11.8 Å². The Bertz CT molecular complexity index is 1410. The zero-order valence-electron chi connectivity index (χ0n) is 19.4. The maximum absolute atomic E-state index is 12.9. The van der Waals surface area contributed by atoms with Gasteiger partial charge in [0.05, 0.1) is 27.8 Å². The number of allylic oxidation sites excluding steroid dienone is 1. The van der Waals surface area contributed by atoms with E-state index in [9.17, 15) is 20.1 Å². The van der Waals surface area contributed by atoms with Crippen LogP contribution in [0.15, 0.2) is 48.0 Å². The number of nitriles is 2. The van der Waals surface area contributed by atoms with Gasteiger partial charge in [-0.15, -0.1) is 11.3 Å². The van der Waals surface area contributed by atoms with Gasteiger partial charge in [-0.3, -0.25) is 4.79 Å². The van der Waals surface area contributed by atoms with E-state index in [1.165, 1.54) is 6.08 Å². The van der Waals surface area contributed by atoms with Crippen molar-refractivity contribution in [3.8, 4) is 17.9 Å². The average Bonchev–Trinajstić information content (AvgIpc) is 3.18. The first-order chi connectivity index (χ1) is 17.3. The van der Waals surface area contributed by atoms with E-state index >= 15 is 0 Å². The fourth-order valence-corrected chi connectivity index (χ4v) is 4.74. The molecule has 0 spiro atoms. The SMILES string of the molecule is CCOC(=O)c1sc(CC(=O)/C(C#N)=C/c2ccc(OCc3ccc(Cl)c(Cl)c3)cc2)c(C#N)c1C. The van der Waals surface area contributed by atoms with Crippen molar-refractivity contribution in [1.29, 1.82) is 10.5 Å². The summed E-state index contributed by atoms with van der Waals surface area (Å²) in [5.41, 5.74) is 2.17. The molecule has 182 valence electrons. The summed E-state index contributed by atoms with van der Waals surface area (Å²) in [5.74, 6) is -0.388. The highest BCUT2D eigenvalue weighted by Gasteiger charge is 2.23. The molecule has 36 heavy (non-hydrogen) atoms. The first kappa shape index (κ1) is 27.0. The lowest BCUT2D eigenvalue weighted by atomic mass is 10.0. The Morgan fingerprint density at radius 3 is 2.42 bits per heavy atom. The summed E-state index contributed by atoms with van der Waals surface area (Å²) in [5, 5.41) is 20.0. The molecule has 0 saturated carbocycles. The predicted octanol–water partition coefficient (Wildman–Crippen LogP) is 6.71. The second kappa shape index (κ2) is 12.4. The lowest BCUT2D eigenvalue weighted by molar-refractivity contribution is -0.114. The Morgan fingerprint density at radius 1 is 1.08 bits per heavy atom. The molecule has 0 bridgehead atoms. The van der Waals surface area contributed by atoms with Crippen molar-refractivity contribution in [2.45, 2.75) is 26.9 Å². The minimum Gasteiger partial charge on any atom is -0.489 e. The lowest BCUT2D eigenvalue weighted by Gasteiger charge is -2.07. The summed E-state index contributed by atoms with van der Waals surface area (Å²) in [6.07, 6.45) is 1.31. The minimum atomic E-state index is -0.535. The number of Topliss-reactive ketones (excluding diaryl/α,β-unsaturated/α-hetero) is 1. The van der Waals surface area contributed by atoms with E-state index in [-0.39, 0.29) is 29.0 Å². The molecule has 0 atom stereocenters. The summed E-state index contributed by atoms with van der Waals surface area (Å²) < 4.78 is 10.8. The van der Waals surface area contributed by atoms with Crippen LogP contribution in [0.25, 0.3) is 6.08 Å². The summed E-state index contributed by atoms with van der Waals surface area (Å²) >= 11 is 13.0. The molecule has 0 aliphatic heterocycles. The van der Waals surface area contributed by atoms with E-state index in [4.69, 9.17) is 32.7 Å². The number of hydrogen-bond donors (Lipinski definition) is 0. The normalized spacial score (nSPS) is 10.9. The van der Waals surface area contributed by atoms with Crippen molar-refractivity contribution in [2.24, 2.45) is 0 Å². The van der Waals surface area contributed by atoms with Crippen LogP contribution in [0.1, 0.15) is 43.7 Å². The van der Waals surface area contributed by atoms with Crippen LogP contribution in [0.4, 0.5) is 0 Å². The average molecular weight is 539 g/mol. The third kappa shape index (κ3) is 6.53. The maximum atomic E-state index is 12.9. The molecule has 9 heteroatoms. The largest absolute Gasteiger partial charge is 0.489 e.